The highest BCUT2D eigenvalue weighted by molar-refractivity contribution is 7.98. The summed E-state index contributed by atoms with van der Waals surface area (Å²) in [5.74, 6) is -0.119. The number of thioether (sulfide) groups is 1. The van der Waals surface area contributed by atoms with E-state index in [9.17, 15) is 9.59 Å². The first-order valence-corrected chi connectivity index (χ1v) is 9.54. The van der Waals surface area contributed by atoms with Crippen molar-refractivity contribution in [3.63, 3.8) is 0 Å². The molecule has 3 aromatic rings. The topological polar surface area (TPSA) is 92.2 Å². The predicted octanol–water partition coefficient (Wildman–Crippen LogP) is 2.01. The molecule has 0 saturated heterocycles. The number of fused-ring (bicyclic) bond motifs is 1. The highest BCUT2D eigenvalue weighted by atomic mass is 32.2. The fraction of sp³-hybridized carbons (Fsp3) is 0.333. The minimum absolute atomic E-state index is 0.119. The first-order valence-electron chi connectivity index (χ1n) is 8.31. The van der Waals surface area contributed by atoms with Crippen molar-refractivity contribution >= 4 is 23.3 Å². The number of nitrogens with one attached hydrogen (secondary N) is 2. The quantitative estimate of drug-likeness (QED) is 0.511. The zero-order chi connectivity index (χ0) is 18.7. The van der Waals surface area contributed by atoms with Gasteiger partial charge in [-0.2, -0.15) is 0 Å². The van der Waals surface area contributed by atoms with Crippen LogP contribution in [0.25, 0.3) is 5.65 Å². The molecule has 0 aliphatic rings. The molecule has 0 aromatic carbocycles. The number of carbonyl (C=O) groups excluding carboxylic acids is 1. The zero-order valence-corrected chi connectivity index (χ0v) is 15.8. The predicted molar refractivity (Wildman–Crippen MR) is 101 cm³/mol. The Labute approximate surface area is 155 Å². The van der Waals surface area contributed by atoms with E-state index in [-0.39, 0.29) is 17.9 Å². The van der Waals surface area contributed by atoms with Crippen molar-refractivity contribution in [3.05, 3.63) is 57.4 Å². The number of imidazole rings is 1. The van der Waals surface area contributed by atoms with Crippen molar-refractivity contribution in [2.24, 2.45) is 0 Å². The Hall–Kier alpha value is -2.61. The SMILES string of the molecule is CSc1nc(C)c(CCC(=O)NCc2cn3cccc(C)c3n2)c(=O)[nH]1. The normalized spacial score (nSPS) is 11.0. The second-order valence-electron chi connectivity index (χ2n) is 6.07. The van der Waals surface area contributed by atoms with Crippen LogP contribution in [0.2, 0.25) is 0 Å². The molecule has 0 aliphatic carbocycles. The molecule has 1 amide bonds. The number of hydrogen-bond acceptors (Lipinski definition) is 5. The van der Waals surface area contributed by atoms with Crippen LogP contribution < -0.4 is 10.9 Å². The maximum atomic E-state index is 12.1. The van der Waals surface area contributed by atoms with E-state index in [1.165, 1.54) is 11.8 Å². The van der Waals surface area contributed by atoms with E-state index < -0.39 is 0 Å². The first kappa shape index (κ1) is 18.2. The molecule has 3 rings (SSSR count). The summed E-state index contributed by atoms with van der Waals surface area (Å²) < 4.78 is 1.94. The van der Waals surface area contributed by atoms with Crippen LogP contribution in [0.1, 0.15) is 28.9 Å². The van der Waals surface area contributed by atoms with Gasteiger partial charge < -0.3 is 14.7 Å². The van der Waals surface area contributed by atoms with E-state index in [2.05, 4.69) is 20.3 Å². The molecule has 7 nitrogen and oxygen atoms in total. The number of aromatic amines is 1. The average molecular weight is 371 g/mol. The standard InChI is InChI=1S/C18H21N5O2S/c1-11-5-4-8-23-10-13(21-16(11)23)9-19-15(24)7-6-14-12(2)20-18(26-3)22-17(14)25/h4-5,8,10H,6-7,9H2,1-3H3,(H,19,24)(H,20,22,25). The van der Waals surface area contributed by atoms with Crippen LogP contribution in [0, 0.1) is 13.8 Å². The van der Waals surface area contributed by atoms with Crippen LogP contribution in [0.4, 0.5) is 0 Å². The summed E-state index contributed by atoms with van der Waals surface area (Å²) >= 11 is 1.38. The van der Waals surface area contributed by atoms with Crippen molar-refractivity contribution < 1.29 is 4.79 Å². The van der Waals surface area contributed by atoms with E-state index in [1.807, 2.05) is 42.1 Å². The Morgan fingerprint density at radius 3 is 2.85 bits per heavy atom. The number of aryl methyl sites for hydroxylation is 2. The Balaban J connectivity index is 1.59. The third kappa shape index (κ3) is 3.96. The lowest BCUT2D eigenvalue weighted by atomic mass is 10.1. The van der Waals surface area contributed by atoms with Crippen LogP contribution in [0.5, 0.6) is 0 Å². The summed E-state index contributed by atoms with van der Waals surface area (Å²) in [7, 11) is 0. The molecule has 0 unspecified atom stereocenters. The fourth-order valence-corrected chi connectivity index (χ4v) is 3.20. The summed E-state index contributed by atoms with van der Waals surface area (Å²) in [6, 6.07) is 3.96. The van der Waals surface area contributed by atoms with Crippen molar-refractivity contribution in [2.45, 2.75) is 38.4 Å². The number of amides is 1. The molecular weight excluding hydrogens is 350 g/mol. The Kier molecular flexibility index (Phi) is 5.41. The maximum absolute atomic E-state index is 12.1. The van der Waals surface area contributed by atoms with Gasteiger partial charge in [0, 0.05) is 30.1 Å². The second-order valence-corrected chi connectivity index (χ2v) is 6.87. The highest BCUT2D eigenvalue weighted by Gasteiger charge is 2.11. The van der Waals surface area contributed by atoms with Gasteiger partial charge in [-0.1, -0.05) is 17.8 Å². The van der Waals surface area contributed by atoms with Gasteiger partial charge in [0.15, 0.2) is 5.16 Å². The molecule has 0 bridgehead atoms. The fourth-order valence-electron chi connectivity index (χ4n) is 2.78. The number of rotatable bonds is 6. The van der Waals surface area contributed by atoms with E-state index in [0.717, 1.165) is 16.9 Å². The van der Waals surface area contributed by atoms with Crippen LogP contribution in [-0.4, -0.2) is 31.5 Å². The second kappa shape index (κ2) is 7.74. The molecule has 0 fully saturated rings. The van der Waals surface area contributed by atoms with Crippen LogP contribution in [0.15, 0.2) is 34.5 Å². The van der Waals surface area contributed by atoms with Crippen LogP contribution in [-0.2, 0) is 17.8 Å². The Morgan fingerprint density at radius 1 is 1.35 bits per heavy atom. The highest BCUT2D eigenvalue weighted by Crippen LogP contribution is 2.11. The summed E-state index contributed by atoms with van der Waals surface area (Å²) in [5, 5.41) is 3.45. The lowest BCUT2D eigenvalue weighted by Crippen LogP contribution is -2.25. The van der Waals surface area contributed by atoms with E-state index in [4.69, 9.17) is 0 Å². The van der Waals surface area contributed by atoms with Gasteiger partial charge in [-0.15, -0.1) is 0 Å². The Morgan fingerprint density at radius 2 is 2.15 bits per heavy atom. The monoisotopic (exact) mass is 371 g/mol. The van der Waals surface area contributed by atoms with Crippen molar-refractivity contribution in [3.8, 4) is 0 Å². The van der Waals surface area contributed by atoms with Crippen molar-refractivity contribution in [1.82, 2.24) is 24.7 Å². The van der Waals surface area contributed by atoms with Gasteiger partial charge in [-0.05, 0) is 38.2 Å². The molecule has 3 aromatic heterocycles. The summed E-state index contributed by atoms with van der Waals surface area (Å²) in [6.07, 6.45) is 6.28. The number of hydrogen-bond donors (Lipinski definition) is 2. The number of H-pyrrole nitrogens is 1. The molecule has 0 saturated carbocycles. The lowest BCUT2D eigenvalue weighted by Gasteiger charge is -2.06. The lowest BCUT2D eigenvalue weighted by molar-refractivity contribution is -0.121. The zero-order valence-electron chi connectivity index (χ0n) is 15.0. The molecule has 0 aliphatic heterocycles. The van der Waals surface area contributed by atoms with E-state index in [1.54, 1.807) is 6.92 Å². The number of nitrogens with zero attached hydrogens (tertiary/aromatic N) is 3. The van der Waals surface area contributed by atoms with Gasteiger partial charge in [0.25, 0.3) is 5.56 Å². The summed E-state index contributed by atoms with van der Waals surface area (Å²) in [5.41, 5.74) is 3.82. The molecule has 2 N–H and O–H groups in total. The van der Waals surface area contributed by atoms with Gasteiger partial charge in [-0.3, -0.25) is 9.59 Å². The first-order chi connectivity index (χ1) is 12.5. The molecule has 0 atom stereocenters. The molecule has 136 valence electrons. The smallest absolute Gasteiger partial charge is 0.254 e. The molecule has 3 heterocycles. The summed E-state index contributed by atoms with van der Waals surface area (Å²) in [4.78, 5) is 35.8. The summed E-state index contributed by atoms with van der Waals surface area (Å²) in [6.45, 7) is 4.15. The molecule has 0 spiro atoms. The van der Waals surface area contributed by atoms with E-state index in [0.29, 0.717) is 29.4 Å². The van der Waals surface area contributed by atoms with Crippen LogP contribution in [0.3, 0.4) is 0 Å². The third-order valence-electron chi connectivity index (χ3n) is 4.19. The number of carbonyl (C=O) groups is 1. The largest absolute Gasteiger partial charge is 0.350 e. The van der Waals surface area contributed by atoms with Gasteiger partial charge in [0.2, 0.25) is 5.91 Å². The van der Waals surface area contributed by atoms with Crippen molar-refractivity contribution in [1.29, 1.82) is 0 Å². The molecular formula is C18H21N5O2S. The number of pyridine rings is 1. The average Bonchev–Trinajstić information content (AvgIpc) is 3.03. The van der Waals surface area contributed by atoms with Gasteiger partial charge in [0.05, 0.1) is 12.2 Å². The van der Waals surface area contributed by atoms with Gasteiger partial charge in [-0.25, -0.2) is 9.97 Å². The molecule has 0 radical (unpaired) electrons. The van der Waals surface area contributed by atoms with Crippen LogP contribution >= 0.6 is 11.8 Å². The maximum Gasteiger partial charge on any atom is 0.254 e. The van der Waals surface area contributed by atoms with Gasteiger partial charge in [0.1, 0.15) is 5.65 Å². The minimum atomic E-state index is -0.175. The number of aromatic nitrogens is 4. The van der Waals surface area contributed by atoms with Gasteiger partial charge >= 0.3 is 0 Å². The van der Waals surface area contributed by atoms with Crippen molar-refractivity contribution in [2.75, 3.05) is 6.26 Å². The Bertz CT molecular complexity index is 1010. The minimum Gasteiger partial charge on any atom is -0.350 e. The molecule has 26 heavy (non-hydrogen) atoms. The van der Waals surface area contributed by atoms with E-state index >= 15 is 0 Å². The molecule has 8 heteroatoms. The third-order valence-corrected chi connectivity index (χ3v) is 4.77.